The second-order valence-electron chi connectivity index (χ2n) is 13.6. The molecule has 0 spiro atoms. The zero-order valence-corrected chi connectivity index (χ0v) is 27.8. The molecular formula is C48H32N3+. The third kappa shape index (κ3) is 4.07. The van der Waals surface area contributed by atoms with Gasteiger partial charge in [-0.05, 0) is 57.3 Å². The lowest BCUT2D eigenvalue weighted by Gasteiger charge is -2.35. The largest absolute Gasteiger partial charge is 0.309 e. The van der Waals surface area contributed by atoms with Crippen molar-refractivity contribution in [3.8, 4) is 5.69 Å². The number of aromatic nitrogens is 1. The molecule has 0 amide bonds. The summed E-state index contributed by atoms with van der Waals surface area (Å²) in [6.07, 6.45) is -0.0592. The van der Waals surface area contributed by atoms with E-state index in [1.165, 1.54) is 92.3 Å². The minimum Gasteiger partial charge on any atom is -0.309 e. The van der Waals surface area contributed by atoms with Crippen molar-refractivity contribution < 1.29 is 4.90 Å². The Morgan fingerprint density at radius 2 is 1.06 bits per heavy atom. The summed E-state index contributed by atoms with van der Waals surface area (Å²) >= 11 is 0. The summed E-state index contributed by atoms with van der Waals surface area (Å²) in [7, 11) is 0. The van der Waals surface area contributed by atoms with Crippen molar-refractivity contribution in [2.75, 3.05) is 0 Å². The van der Waals surface area contributed by atoms with Crippen LogP contribution in [0.15, 0.2) is 187 Å². The van der Waals surface area contributed by atoms with E-state index in [-0.39, 0.29) is 6.17 Å². The number of hydrogen-bond acceptors (Lipinski definition) is 1. The molecule has 1 aromatic heterocycles. The van der Waals surface area contributed by atoms with E-state index in [0.29, 0.717) is 0 Å². The van der Waals surface area contributed by atoms with Crippen LogP contribution in [-0.2, 0) is 0 Å². The second kappa shape index (κ2) is 11.0. The van der Waals surface area contributed by atoms with Gasteiger partial charge in [0.15, 0.2) is 0 Å². The predicted octanol–water partition coefficient (Wildman–Crippen LogP) is 11.1. The number of para-hydroxylation sites is 2. The smallest absolute Gasteiger partial charge is 0.242 e. The van der Waals surface area contributed by atoms with Crippen LogP contribution in [0.3, 0.4) is 0 Å². The van der Waals surface area contributed by atoms with Gasteiger partial charge in [-0.25, -0.2) is 4.90 Å². The van der Waals surface area contributed by atoms with Gasteiger partial charge in [-0.2, -0.15) is 4.99 Å². The highest BCUT2D eigenvalue weighted by Gasteiger charge is 2.43. The summed E-state index contributed by atoms with van der Waals surface area (Å²) in [4.78, 5) is 6.71. The first-order valence-corrected chi connectivity index (χ1v) is 17.7. The number of amidine groups is 1. The molecule has 1 aliphatic rings. The third-order valence-corrected chi connectivity index (χ3v) is 10.9. The van der Waals surface area contributed by atoms with E-state index < -0.39 is 0 Å². The Kier molecular flexibility index (Phi) is 6.09. The molecular weight excluding hydrogens is 619 g/mol. The molecule has 0 bridgehead atoms. The van der Waals surface area contributed by atoms with Gasteiger partial charge in [0.2, 0.25) is 12.0 Å². The highest BCUT2D eigenvalue weighted by molar-refractivity contribution is 6.37. The first kappa shape index (κ1) is 28.3. The number of nitrogens with one attached hydrogen (secondary N) is 1. The number of benzene rings is 9. The fourth-order valence-electron chi connectivity index (χ4n) is 8.72. The summed E-state index contributed by atoms with van der Waals surface area (Å²) in [5, 5.41) is 12.6. The maximum Gasteiger partial charge on any atom is 0.242 e. The minimum absolute atomic E-state index is 0.0592. The summed E-state index contributed by atoms with van der Waals surface area (Å²) in [5.41, 5.74) is 7.28. The lowest BCUT2D eigenvalue weighted by molar-refractivity contribution is -0.791. The van der Waals surface area contributed by atoms with Gasteiger partial charge in [-0.1, -0.05) is 146 Å². The molecule has 0 saturated carbocycles. The van der Waals surface area contributed by atoms with Gasteiger partial charge in [-0.15, -0.1) is 0 Å². The van der Waals surface area contributed by atoms with Gasteiger partial charge in [0, 0.05) is 44.2 Å². The topological polar surface area (TPSA) is 21.7 Å². The van der Waals surface area contributed by atoms with Crippen molar-refractivity contribution in [3.63, 3.8) is 0 Å². The lowest BCUT2D eigenvalue weighted by atomic mass is 9.90. The molecule has 11 rings (SSSR count). The zero-order valence-electron chi connectivity index (χ0n) is 27.8. The number of quaternary nitrogens is 1. The molecule has 2 unspecified atom stereocenters. The van der Waals surface area contributed by atoms with E-state index in [9.17, 15) is 0 Å². The van der Waals surface area contributed by atoms with Crippen LogP contribution in [0, 0.1) is 0 Å². The standard InChI is InChI=1S/C48H31N3/c1-3-17-32(18-4-1)47-49-48(39-28-15-19-31-16-7-8-22-34(31)39)51(47)43-30-41-35-23-9-12-26-38(35)46-45(44(41)37-25-11-10-24-36(37)43)40-27-13-14-29-42(40)50(46)33-20-5-2-6-21-33/h1-30,47H/p+1. The van der Waals surface area contributed by atoms with Crippen molar-refractivity contribution in [2.24, 2.45) is 4.99 Å². The molecule has 9 aromatic carbocycles. The normalized spacial score (nSPS) is 16.0. The Labute approximate surface area is 294 Å². The predicted molar refractivity (Wildman–Crippen MR) is 214 cm³/mol. The molecule has 10 aromatic rings. The molecule has 1 N–H and O–H groups in total. The van der Waals surface area contributed by atoms with Gasteiger partial charge in [0.05, 0.1) is 16.6 Å². The fraction of sp³-hybridized carbons (Fsp3) is 0.0208. The molecule has 1 aliphatic heterocycles. The molecule has 0 fully saturated rings. The van der Waals surface area contributed by atoms with Crippen LogP contribution in [-0.4, -0.2) is 10.4 Å². The number of rotatable bonds is 4. The van der Waals surface area contributed by atoms with Crippen LogP contribution in [0.2, 0.25) is 0 Å². The molecule has 3 nitrogen and oxygen atoms in total. The van der Waals surface area contributed by atoms with Gasteiger partial charge < -0.3 is 4.57 Å². The minimum atomic E-state index is -0.0592. The maximum absolute atomic E-state index is 5.42. The maximum atomic E-state index is 5.42. The van der Waals surface area contributed by atoms with E-state index >= 15 is 0 Å². The lowest BCUT2D eigenvalue weighted by Crippen LogP contribution is -3.15. The third-order valence-electron chi connectivity index (χ3n) is 10.9. The molecule has 2 heterocycles. The number of hydrogen-bond donors (Lipinski definition) is 1. The zero-order chi connectivity index (χ0) is 33.5. The van der Waals surface area contributed by atoms with Gasteiger partial charge in [0.1, 0.15) is 5.69 Å². The average molecular weight is 651 g/mol. The molecule has 0 aliphatic carbocycles. The van der Waals surface area contributed by atoms with E-state index in [4.69, 9.17) is 4.99 Å². The number of fused-ring (bicyclic) bond motifs is 11. The first-order valence-electron chi connectivity index (χ1n) is 17.7. The monoisotopic (exact) mass is 650 g/mol. The molecule has 238 valence electrons. The Hall–Kier alpha value is -6.55. The Bertz CT molecular complexity index is 3020. The van der Waals surface area contributed by atoms with Crippen molar-refractivity contribution >= 4 is 76.4 Å². The van der Waals surface area contributed by atoms with Crippen molar-refractivity contribution in [2.45, 2.75) is 6.17 Å². The molecule has 0 radical (unpaired) electrons. The first-order chi connectivity index (χ1) is 25.3. The van der Waals surface area contributed by atoms with Crippen LogP contribution in [0.4, 0.5) is 5.69 Å². The van der Waals surface area contributed by atoms with Gasteiger partial charge >= 0.3 is 0 Å². The van der Waals surface area contributed by atoms with Crippen molar-refractivity contribution in [1.29, 1.82) is 0 Å². The van der Waals surface area contributed by atoms with E-state index in [1.807, 2.05) is 0 Å². The van der Waals surface area contributed by atoms with Gasteiger partial charge in [-0.3, -0.25) is 0 Å². The Morgan fingerprint density at radius 1 is 0.451 bits per heavy atom. The average Bonchev–Trinajstić information content (AvgIpc) is 3.54. The molecule has 2 atom stereocenters. The summed E-state index contributed by atoms with van der Waals surface area (Å²) in [6, 6.07) is 66.2. The van der Waals surface area contributed by atoms with Crippen LogP contribution in [0.1, 0.15) is 17.3 Å². The highest BCUT2D eigenvalue weighted by Crippen LogP contribution is 2.46. The Morgan fingerprint density at radius 3 is 1.86 bits per heavy atom. The molecule has 51 heavy (non-hydrogen) atoms. The van der Waals surface area contributed by atoms with Gasteiger partial charge in [0.25, 0.3) is 0 Å². The SMILES string of the molecule is c1ccc(C2N=C(c3cccc4ccccc34)[NH+]2c2cc3c4ccccc4c4c(c5ccccc5n4-c4ccccc4)c3c3ccccc23)cc1. The van der Waals surface area contributed by atoms with E-state index in [2.05, 4.69) is 187 Å². The van der Waals surface area contributed by atoms with Crippen LogP contribution in [0.5, 0.6) is 0 Å². The Balaban J connectivity index is 1.29. The number of aliphatic imine (C=N–C) groups is 1. The number of nitrogens with zero attached hydrogens (tertiary/aromatic N) is 2. The van der Waals surface area contributed by atoms with Crippen molar-refractivity contribution in [3.05, 3.63) is 193 Å². The van der Waals surface area contributed by atoms with Crippen LogP contribution in [0.25, 0.3) is 70.6 Å². The molecule has 3 heteroatoms. The highest BCUT2D eigenvalue weighted by atomic mass is 15.4. The fourth-order valence-corrected chi connectivity index (χ4v) is 8.72. The molecule has 0 saturated heterocycles. The van der Waals surface area contributed by atoms with Crippen LogP contribution >= 0.6 is 0 Å². The van der Waals surface area contributed by atoms with Crippen LogP contribution < -0.4 is 4.90 Å². The summed E-state index contributed by atoms with van der Waals surface area (Å²) in [5.74, 6) is 1.08. The quantitative estimate of drug-likeness (QED) is 0.183. The van der Waals surface area contributed by atoms with Crippen molar-refractivity contribution in [1.82, 2.24) is 4.57 Å². The van der Waals surface area contributed by atoms with E-state index in [0.717, 1.165) is 5.84 Å². The second-order valence-corrected chi connectivity index (χ2v) is 13.6. The summed E-state index contributed by atoms with van der Waals surface area (Å²) < 4.78 is 2.46. The van der Waals surface area contributed by atoms with E-state index in [1.54, 1.807) is 0 Å². The summed E-state index contributed by atoms with van der Waals surface area (Å²) in [6.45, 7) is 0.